The quantitative estimate of drug-likeness (QED) is 0.536. The highest BCUT2D eigenvalue weighted by Gasteiger charge is 2.30. The zero-order valence-corrected chi connectivity index (χ0v) is 22.3. The number of carbonyl (C=O) groups is 2. The zero-order valence-electron chi connectivity index (χ0n) is 22.3. The van der Waals surface area contributed by atoms with Crippen molar-refractivity contribution in [3.63, 3.8) is 0 Å². The number of aryl methyl sites for hydroxylation is 1. The monoisotopic (exact) mass is 533 g/mol. The highest BCUT2D eigenvalue weighted by Crippen LogP contribution is 2.34. The molecule has 6 aliphatic rings. The van der Waals surface area contributed by atoms with Crippen LogP contribution in [0.1, 0.15) is 57.9 Å². The van der Waals surface area contributed by atoms with E-state index in [1.165, 1.54) is 5.56 Å². The standard InChI is InChI=1S/C29H35N5O5/c1-19-24-4-5-25-28(19)30-31-34(25)12-13-38-14-15-39-23-7-10-32(11-8-23)29(37)21-3-2-20-6-9-33(18-22(20)16-21)26(24)17-27(35)36/h2-5,16,23,26H,6-15,17-18H2,1H3,(H,35,36). The van der Waals surface area contributed by atoms with Gasteiger partial charge in [-0.2, -0.15) is 0 Å². The molecule has 7 heterocycles. The lowest BCUT2D eigenvalue weighted by atomic mass is 9.91. The Balaban J connectivity index is 1.36. The van der Waals surface area contributed by atoms with Gasteiger partial charge in [0.2, 0.25) is 0 Å². The Bertz CT molecular complexity index is 1380. The number of benzene rings is 2. The van der Waals surface area contributed by atoms with Gasteiger partial charge in [0.15, 0.2) is 0 Å². The molecule has 1 N–H and O–H groups in total. The molecule has 1 saturated heterocycles. The Morgan fingerprint density at radius 2 is 1.90 bits per heavy atom. The fourth-order valence-corrected chi connectivity index (χ4v) is 6.22. The van der Waals surface area contributed by atoms with E-state index < -0.39 is 5.97 Å². The molecule has 2 aromatic carbocycles. The van der Waals surface area contributed by atoms with E-state index in [0.717, 1.165) is 53.5 Å². The minimum atomic E-state index is -0.844. The van der Waals surface area contributed by atoms with Crippen LogP contribution < -0.4 is 0 Å². The predicted molar refractivity (Wildman–Crippen MR) is 144 cm³/mol. The molecule has 0 saturated carbocycles. The molecular formula is C29H35N5O5. The van der Waals surface area contributed by atoms with E-state index in [-0.39, 0.29) is 24.5 Å². The number of ether oxygens (including phenoxy) is 2. The van der Waals surface area contributed by atoms with E-state index in [1.807, 2.05) is 40.8 Å². The summed E-state index contributed by atoms with van der Waals surface area (Å²) in [5.41, 5.74) is 6.58. The van der Waals surface area contributed by atoms with Crippen molar-refractivity contribution in [3.05, 3.63) is 58.1 Å². The van der Waals surface area contributed by atoms with Crippen LogP contribution in [-0.2, 0) is 33.8 Å². The van der Waals surface area contributed by atoms with Crippen LogP contribution in [0.4, 0.5) is 0 Å². The lowest BCUT2D eigenvalue weighted by Crippen LogP contribution is -2.41. The molecule has 10 heteroatoms. The van der Waals surface area contributed by atoms with Crippen molar-refractivity contribution in [3.8, 4) is 0 Å². The summed E-state index contributed by atoms with van der Waals surface area (Å²) in [6.45, 7) is 6.75. The maximum Gasteiger partial charge on any atom is 0.305 e. The summed E-state index contributed by atoms with van der Waals surface area (Å²) in [5, 5.41) is 18.7. The minimum Gasteiger partial charge on any atom is -0.481 e. The molecule has 1 fully saturated rings. The van der Waals surface area contributed by atoms with Crippen LogP contribution >= 0.6 is 0 Å². The number of aliphatic carboxylic acids is 1. The molecule has 1 aromatic heterocycles. The van der Waals surface area contributed by atoms with Crippen molar-refractivity contribution in [1.29, 1.82) is 0 Å². The topological polar surface area (TPSA) is 110 Å². The first-order valence-corrected chi connectivity index (χ1v) is 13.9. The van der Waals surface area contributed by atoms with Gasteiger partial charge < -0.3 is 19.5 Å². The summed E-state index contributed by atoms with van der Waals surface area (Å²) in [4.78, 5) is 29.5. The molecule has 6 aliphatic heterocycles. The lowest BCUT2D eigenvalue weighted by Gasteiger charge is -2.36. The smallest absolute Gasteiger partial charge is 0.305 e. The number of hydrogen-bond acceptors (Lipinski definition) is 7. The molecule has 9 rings (SSSR count). The van der Waals surface area contributed by atoms with E-state index in [2.05, 4.69) is 21.3 Å². The second-order valence-corrected chi connectivity index (χ2v) is 10.8. The Kier molecular flexibility index (Phi) is 7.33. The van der Waals surface area contributed by atoms with Gasteiger partial charge in [-0.1, -0.05) is 17.3 Å². The fraction of sp³-hybridized carbons (Fsp3) is 0.517. The second kappa shape index (κ2) is 11.0. The molecule has 0 spiro atoms. The summed E-state index contributed by atoms with van der Waals surface area (Å²) in [7, 11) is 0. The van der Waals surface area contributed by atoms with Crippen LogP contribution in [0.25, 0.3) is 11.0 Å². The SMILES string of the molecule is Cc1c2ccc3c1nnn3CCOCCOC1CCN(CC1)C(=O)c1ccc3c(c1)CN(CC3)C2CC(=O)O. The van der Waals surface area contributed by atoms with Crippen molar-refractivity contribution in [2.75, 3.05) is 39.5 Å². The van der Waals surface area contributed by atoms with Crippen molar-refractivity contribution in [2.24, 2.45) is 0 Å². The highest BCUT2D eigenvalue weighted by molar-refractivity contribution is 5.94. The summed E-state index contributed by atoms with van der Waals surface area (Å²) in [6, 6.07) is 9.70. The van der Waals surface area contributed by atoms with Gasteiger partial charge in [0.25, 0.3) is 5.91 Å². The maximum atomic E-state index is 13.4. The Hall–Kier alpha value is -3.34. The molecule has 0 radical (unpaired) electrons. The third-order valence-corrected chi connectivity index (χ3v) is 8.40. The number of carboxylic acid groups (broad SMARTS) is 1. The van der Waals surface area contributed by atoms with Crippen molar-refractivity contribution >= 4 is 22.9 Å². The molecule has 2 atom stereocenters. The fourth-order valence-electron chi connectivity index (χ4n) is 6.22. The summed E-state index contributed by atoms with van der Waals surface area (Å²) in [6.07, 6.45) is 2.55. The number of hydrogen-bond donors (Lipinski definition) is 1. The van der Waals surface area contributed by atoms with Crippen LogP contribution in [0.5, 0.6) is 0 Å². The van der Waals surface area contributed by atoms with E-state index in [1.54, 1.807) is 0 Å². The average Bonchev–Trinajstić information content (AvgIpc) is 3.36. The third kappa shape index (κ3) is 5.28. The molecule has 39 heavy (non-hydrogen) atoms. The summed E-state index contributed by atoms with van der Waals surface area (Å²) >= 11 is 0. The molecule has 9 bridgehead atoms. The maximum absolute atomic E-state index is 13.4. The number of carboxylic acids is 1. The Morgan fingerprint density at radius 3 is 2.72 bits per heavy atom. The van der Waals surface area contributed by atoms with Gasteiger partial charge in [0.1, 0.15) is 5.52 Å². The minimum absolute atomic E-state index is 0.0146. The first-order chi connectivity index (χ1) is 19.0. The molecule has 2 unspecified atom stereocenters. The molecule has 0 aliphatic carbocycles. The Labute approximate surface area is 227 Å². The first-order valence-electron chi connectivity index (χ1n) is 13.9. The van der Waals surface area contributed by atoms with Crippen LogP contribution in [0, 0.1) is 6.92 Å². The molecular weight excluding hydrogens is 498 g/mol. The number of carbonyl (C=O) groups excluding carboxylic acids is 1. The van der Waals surface area contributed by atoms with Crippen LogP contribution in [0.2, 0.25) is 0 Å². The molecule has 206 valence electrons. The van der Waals surface area contributed by atoms with Gasteiger partial charge in [0.05, 0.1) is 44.4 Å². The summed E-state index contributed by atoms with van der Waals surface area (Å²) in [5.74, 6) is -0.797. The second-order valence-electron chi connectivity index (χ2n) is 10.8. The largest absolute Gasteiger partial charge is 0.481 e. The van der Waals surface area contributed by atoms with Crippen molar-refractivity contribution in [1.82, 2.24) is 24.8 Å². The number of nitrogens with zero attached hydrogens (tertiary/aromatic N) is 5. The number of amides is 1. The van der Waals surface area contributed by atoms with Crippen molar-refractivity contribution in [2.45, 2.75) is 57.8 Å². The van der Waals surface area contributed by atoms with Crippen LogP contribution in [0.15, 0.2) is 30.3 Å². The van der Waals surface area contributed by atoms with Gasteiger partial charge in [-0.15, -0.1) is 5.10 Å². The molecule has 3 aromatic rings. The van der Waals surface area contributed by atoms with Crippen LogP contribution in [-0.4, -0.2) is 87.3 Å². The van der Waals surface area contributed by atoms with Crippen LogP contribution in [0.3, 0.4) is 0 Å². The number of rotatable bonds is 2. The van der Waals surface area contributed by atoms with Gasteiger partial charge in [0, 0.05) is 37.8 Å². The first kappa shape index (κ1) is 25.9. The third-order valence-electron chi connectivity index (χ3n) is 8.40. The zero-order chi connectivity index (χ0) is 26.9. The number of aromatic nitrogens is 3. The molecule has 1 amide bonds. The van der Waals surface area contributed by atoms with E-state index in [0.29, 0.717) is 51.6 Å². The van der Waals surface area contributed by atoms with Gasteiger partial charge in [-0.25, -0.2) is 4.68 Å². The predicted octanol–water partition coefficient (Wildman–Crippen LogP) is 2.97. The highest BCUT2D eigenvalue weighted by atomic mass is 16.5. The lowest BCUT2D eigenvalue weighted by molar-refractivity contribution is -0.138. The van der Waals surface area contributed by atoms with Crippen molar-refractivity contribution < 1.29 is 24.2 Å². The van der Waals surface area contributed by atoms with E-state index in [9.17, 15) is 14.7 Å². The van der Waals surface area contributed by atoms with E-state index >= 15 is 0 Å². The average molecular weight is 534 g/mol. The number of piperidine rings is 1. The van der Waals surface area contributed by atoms with E-state index in [4.69, 9.17) is 9.47 Å². The van der Waals surface area contributed by atoms with Gasteiger partial charge in [-0.05, 0) is 66.6 Å². The van der Waals surface area contributed by atoms with Gasteiger partial charge >= 0.3 is 5.97 Å². The normalized spacial score (nSPS) is 24.3. The van der Waals surface area contributed by atoms with Gasteiger partial charge in [-0.3, -0.25) is 14.5 Å². The Morgan fingerprint density at radius 1 is 1.05 bits per heavy atom. The summed E-state index contributed by atoms with van der Waals surface area (Å²) < 4.78 is 13.7. The molecule has 10 nitrogen and oxygen atoms in total.